The summed E-state index contributed by atoms with van der Waals surface area (Å²) in [5.74, 6) is 2.47. The van der Waals surface area contributed by atoms with Crippen LogP contribution in [0.15, 0.2) is 60.4 Å². The van der Waals surface area contributed by atoms with E-state index in [0.29, 0.717) is 51.2 Å². The van der Waals surface area contributed by atoms with E-state index in [1.807, 2.05) is 0 Å². The summed E-state index contributed by atoms with van der Waals surface area (Å²) in [5, 5.41) is 0. The molecule has 3 aromatic rings. The number of carbonyl (C=O) groups excluding carboxylic acids is 2. The molecular formula is C27H24O8. The average Bonchev–Trinajstić information content (AvgIpc) is 3.20. The highest BCUT2D eigenvalue weighted by Crippen LogP contribution is 2.40. The second kappa shape index (κ2) is 10.2. The van der Waals surface area contributed by atoms with Gasteiger partial charge in [-0.15, -0.1) is 0 Å². The standard InChI is InChI=1S/C27H24O8/c1-30-18-7-5-17(6-8-18)21(28)15-34-19-9-10-20-22(14-19)35-23(26(20)29)11-16-12-24(31-2)27(33-4)25(13-16)32-3/h5-14H,15H2,1-4H3. The zero-order chi connectivity index (χ0) is 24.9. The lowest BCUT2D eigenvalue weighted by molar-refractivity contribution is 0.0920. The predicted molar refractivity (Wildman–Crippen MR) is 128 cm³/mol. The Bertz CT molecular complexity index is 1270. The van der Waals surface area contributed by atoms with Gasteiger partial charge in [0.1, 0.15) is 17.2 Å². The highest BCUT2D eigenvalue weighted by atomic mass is 16.5. The molecule has 0 saturated heterocycles. The topological polar surface area (TPSA) is 89.5 Å². The third-order valence-corrected chi connectivity index (χ3v) is 5.41. The van der Waals surface area contributed by atoms with Gasteiger partial charge < -0.3 is 28.4 Å². The molecule has 1 aliphatic heterocycles. The fourth-order valence-electron chi connectivity index (χ4n) is 3.60. The van der Waals surface area contributed by atoms with E-state index in [1.165, 1.54) is 21.3 Å². The first-order chi connectivity index (χ1) is 17.0. The van der Waals surface area contributed by atoms with Crippen molar-refractivity contribution in [3.8, 4) is 34.5 Å². The molecule has 0 N–H and O–H groups in total. The zero-order valence-electron chi connectivity index (χ0n) is 19.7. The summed E-state index contributed by atoms with van der Waals surface area (Å²) in [6.45, 7) is -0.160. The van der Waals surface area contributed by atoms with Gasteiger partial charge in [-0.2, -0.15) is 0 Å². The van der Waals surface area contributed by atoms with Crippen LogP contribution in [0.25, 0.3) is 6.08 Å². The van der Waals surface area contributed by atoms with E-state index in [-0.39, 0.29) is 23.9 Å². The Morgan fingerprint density at radius 2 is 1.49 bits per heavy atom. The largest absolute Gasteiger partial charge is 0.497 e. The van der Waals surface area contributed by atoms with Gasteiger partial charge in [0, 0.05) is 11.6 Å². The fraction of sp³-hybridized carbons (Fsp3) is 0.185. The van der Waals surface area contributed by atoms with Crippen molar-refractivity contribution >= 4 is 17.6 Å². The van der Waals surface area contributed by atoms with Crippen LogP contribution in [0.4, 0.5) is 0 Å². The number of allylic oxidation sites excluding steroid dienone is 1. The van der Waals surface area contributed by atoms with Crippen LogP contribution in [0, 0.1) is 0 Å². The maximum absolute atomic E-state index is 12.9. The molecule has 1 heterocycles. The Hall–Kier alpha value is -4.46. The van der Waals surface area contributed by atoms with Crippen molar-refractivity contribution in [1.29, 1.82) is 0 Å². The molecule has 4 rings (SSSR count). The van der Waals surface area contributed by atoms with Gasteiger partial charge >= 0.3 is 0 Å². The lowest BCUT2D eigenvalue weighted by atomic mass is 10.1. The summed E-state index contributed by atoms with van der Waals surface area (Å²) in [7, 11) is 6.11. The molecule has 0 bridgehead atoms. The maximum atomic E-state index is 12.9. The molecule has 0 spiro atoms. The van der Waals surface area contributed by atoms with Gasteiger partial charge in [-0.05, 0) is 60.2 Å². The number of ketones is 2. The SMILES string of the molecule is COc1ccc(C(=O)COc2ccc3c(c2)OC(=Cc2cc(OC)c(OC)c(OC)c2)C3=O)cc1. The molecule has 3 aromatic carbocycles. The Kier molecular flexibility index (Phi) is 6.91. The normalized spacial score (nSPS) is 13.1. The molecule has 8 heteroatoms. The minimum atomic E-state index is -0.269. The van der Waals surface area contributed by atoms with Crippen molar-refractivity contribution in [2.45, 2.75) is 0 Å². The summed E-state index contributed by atoms with van der Waals surface area (Å²) in [6, 6.07) is 15.0. The molecule has 180 valence electrons. The fourth-order valence-corrected chi connectivity index (χ4v) is 3.60. The lowest BCUT2D eigenvalue weighted by Gasteiger charge is -2.13. The Morgan fingerprint density at radius 3 is 2.09 bits per heavy atom. The van der Waals surface area contributed by atoms with Gasteiger partial charge in [0.15, 0.2) is 29.6 Å². The van der Waals surface area contributed by atoms with Crippen molar-refractivity contribution in [1.82, 2.24) is 0 Å². The number of hydrogen-bond donors (Lipinski definition) is 0. The number of rotatable bonds is 9. The van der Waals surface area contributed by atoms with Crippen LogP contribution in [0.5, 0.6) is 34.5 Å². The van der Waals surface area contributed by atoms with Gasteiger partial charge in [0.2, 0.25) is 11.5 Å². The van der Waals surface area contributed by atoms with Crippen LogP contribution in [0.1, 0.15) is 26.3 Å². The van der Waals surface area contributed by atoms with E-state index in [2.05, 4.69) is 0 Å². The zero-order valence-corrected chi connectivity index (χ0v) is 19.7. The Balaban J connectivity index is 1.50. The summed E-state index contributed by atoms with van der Waals surface area (Å²) in [4.78, 5) is 25.3. The number of hydrogen-bond acceptors (Lipinski definition) is 8. The molecule has 0 aliphatic carbocycles. The van der Waals surface area contributed by atoms with Gasteiger partial charge in [-0.3, -0.25) is 9.59 Å². The molecule has 0 radical (unpaired) electrons. The number of Topliss-reactive ketones (excluding diaryl/α,β-unsaturated/α-hetero) is 2. The quantitative estimate of drug-likeness (QED) is 0.327. The van der Waals surface area contributed by atoms with E-state index < -0.39 is 0 Å². The molecule has 0 aromatic heterocycles. The van der Waals surface area contributed by atoms with Gasteiger partial charge in [0.05, 0.1) is 34.0 Å². The van der Waals surface area contributed by atoms with Gasteiger partial charge in [0.25, 0.3) is 0 Å². The number of fused-ring (bicyclic) bond motifs is 1. The van der Waals surface area contributed by atoms with E-state index in [4.69, 9.17) is 28.4 Å². The monoisotopic (exact) mass is 476 g/mol. The van der Waals surface area contributed by atoms with Crippen molar-refractivity contribution in [2.75, 3.05) is 35.0 Å². The Labute approximate surface area is 202 Å². The van der Waals surface area contributed by atoms with Gasteiger partial charge in [-0.25, -0.2) is 0 Å². The molecule has 0 atom stereocenters. The second-order valence-electron chi connectivity index (χ2n) is 7.50. The highest BCUT2D eigenvalue weighted by Gasteiger charge is 2.28. The van der Waals surface area contributed by atoms with Crippen molar-refractivity contribution in [2.24, 2.45) is 0 Å². The first kappa shape index (κ1) is 23.7. The first-order valence-corrected chi connectivity index (χ1v) is 10.7. The summed E-state index contributed by atoms with van der Waals surface area (Å²) in [5.41, 5.74) is 1.55. The molecule has 0 fully saturated rings. The Morgan fingerprint density at radius 1 is 0.829 bits per heavy atom. The predicted octanol–water partition coefficient (Wildman–Crippen LogP) is 4.60. The molecule has 8 nitrogen and oxygen atoms in total. The molecule has 0 saturated carbocycles. The van der Waals surface area contributed by atoms with Crippen molar-refractivity contribution < 1.29 is 38.0 Å². The lowest BCUT2D eigenvalue weighted by Crippen LogP contribution is -2.11. The summed E-state index contributed by atoms with van der Waals surface area (Å²) in [6.07, 6.45) is 1.60. The number of benzene rings is 3. The minimum absolute atomic E-state index is 0.140. The maximum Gasteiger partial charge on any atom is 0.231 e. The third kappa shape index (κ3) is 4.91. The van der Waals surface area contributed by atoms with Crippen LogP contribution in [-0.4, -0.2) is 46.6 Å². The number of carbonyl (C=O) groups is 2. The molecule has 0 amide bonds. The van der Waals surface area contributed by atoms with Crippen LogP contribution in [0.3, 0.4) is 0 Å². The van der Waals surface area contributed by atoms with Crippen LogP contribution < -0.4 is 28.4 Å². The van der Waals surface area contributed by atoms with Crippen LogP contribution in [0.2, 0.25) is 0 Å². The highest BCUT2D eigenvalue weighted by molar-refractivity contribution is 6.14. The molecular weight excluding hydrogens is 452 g/mol. The molecule has 0 unspecified atom stereocenters. The summed E-state index contributed by atoms with van der Waals surface area (Å²) >= 11 is 0. The summed E-state index contributed by atoms with van der Waals surface area (Å²) < 4.78 is 32.6. The number of methoxy groups -OCH3 is 4. The van der Waals surface area contributed by atoms with Gasteiger partial charge in [-0.1, -0.05) is 0 Å². The first-order valence-electron chi connectivity index (χ1n) is 10.7. The molecule has 35 heavy (non-hydrogen) atoms. The van der Waals surface area contributed by atoms with E-state index in [0.717, 1.165) is 0 Å². The van der Waals surface area contributed by atoms with E-state index in [1.54, 1.807) is 67.8 Å². The molecule has 1 aliphatic rings. The minimum Gasteiger partial charge on any atom is -0.497 e. The van der Waals surface area contributed by atoms with Crippen LogP contribution in [-0.2, 0) is 0 Å². The van der Waals surface area contributed by atoms with Crippen molar-refractivity contribution in [3.05, 3.63) is 77.0 Å². The van der Waals surface area contributed by atoms with E-state index in [9.17, 15) is 9.59 Å². The second-order valence-corrected chi connectivity index (χ2v) is 7.50. The average molecular weight is 476 g/mol. The smallest absolute Gasteiger partial charge is 0.231 e. The number of ether oxygens (including phenoxy) is 6. The van der Waals surface area contributed by atoms with E-state index >= 15 is 0 Å². The van der Waals surface area contributed by atoms with Crippen molar-refractivity contribution in [3.63, 3.8) is 0 Å². The van der Waals surface area contributed by atoms with Crippen LogP contribution >= 0.6 is 0 Å². The third-order valence-electron chi connectivity index (χ3n) is 5.41.